The van der Waals surface area contributed by atoms with E-state index in [2.05, 4.69) is 42.4 Å². The molecule has 1 N–H and O–H groups in total. The molecule has 178 valence electrons. The largest absolute Gasteiger partial charge is 0.490 e. The molecule has 10 heteroatoms. The number of halogens is 5. The van der Waals surface area contributed by atoms with Crippen molar-refractivity contribution in [2.75, 3.05) is 6.61 Å². The van der Waals surface area contributed by atoms with Crippen LogP contribution < -0.4 is 14.9 Å². The van der Waals surface area contributed by atoms with Gasteiger partial charge in [0.25, 0.3) is 5.91 Å². The maximum atomic E-state index is 12.9. The molecular formula is C24H19Br2F3N2O3. The highest BCUT2D eigenvalue weighted by Gasteiger charge is 2.30. The van der Waals surface area contributed by atoms with Crippen LogP contribution in [0.15, 0.2) is 74.7 Å². The molecule has 0 aliphatic heterocycles. The van der Waals surface area contributed by atoms with Crippen molar-refractivity contribution < 1.29 is 27.4 Å². The summed E-state index contributed by atoms with van der Waals surface area (Å²) in [6.07, 6.45) is -3.18. The van der Waals surface area contributed by atoms with Crippen molar-refractivity contribution in [2.45, 2.75) is 19.7 Å². The van der Waals surface area contributed by atoms with E-state index >= 15 is 0 Å². The second-order valence-electron chi connectivity index (χ2n) is 6.96. The number of amides is 1. The maximum absolute atomic E-state index is 12.9. The molecule has 0 heterocycles. The number of hydrazone groups is 1. The summed E-state index contributed by atoms with van der Waals surface area (Å²) >= 11 is 6.86. The minimum absolute atomic E-state index is 0.153. The Bertz CT molecular complexity index is 1180. The molecule has 0 aromatic heterocycles. The second-order valence-corrected chi connectivity index (χ2v) is 8.73. The van der Waals surface area contributed by atoms with Crippen molar-refractivity contribution in [3.05, 3.63) is 91.9 Å². The van der Waals surface area contributed by atoms with E-state index in [1.165, 1.54) is 18.3 Å². The molecule has 0 fully saturated rings. The minimum Gasteiger partial charge on any atom is -0.490 e. The number of ether oxygens (including phenoxy) is 2. The fourth-order valence-electron chi connectivity index (χ4n) is 2.87. The number of carbonyl (C=O) groups excluding carboxylic acids is 1. The number of alkyl halides is 3. The van der Waals surface area contributed by atoms with Crippen LogP contribution in [0.2, 0.25) is 0 Å². The van der Waals surface area contributed by atoms with Crippen LogP contribution in [0, 0.1) is 0 Å². The Morgan fingerprint density at radius 1 is 1.06 bits per heavy atom. The number of benzene rings is 3. The molecule has 3 rings (SSSR count). The number of rotatable bonds is 8. The molecular weight excluding hydrogens is 581 g/mol. The molecule has 34 heavy (non-hydrogen) atoms. The number of hydrogen-bond donors (Lipinski definition) is 1. The van der Waals surface area contributed by atoms with Gasteiger partial charge in [-0.1, -0.05) is 34.1 Å². The van der Waals surface area contributed by atoms with Gasteiger partial charge in [0.05, 0.1) is 22.9 Å². The summed E-state index contributed by atoms with van der Waals surface area (Å²) in [6.45, 7) is 2.56. The number of nitrogens with zero attached hydrogens (tertiary/aromatic N) is 1. The van der Waals surface area contributed by atoms with Gasteiger partial charge in [-0.3, -0.25) is 4.79 Å². The molecule has 0 bridgehead atoms. The molecule has 0 spiro atoms. The Balaban J connectivity index is 1.72. The highest BCUT2D eigenvalue weighted by atomic mass is 79.9. The predicted octanol–water partition coefficient (Wildman–Crippen LogP) is 6.97. The highest BCUT2D eigenvalue weighted by Crippen LogP contribution is 2.37. The molecule has 3 aromatic carbocycles. The lowest BCUT2D eigenvalue weighted by molar-refractivity contribution is -0.137. The lowest BCUT2D eigenvalue weighted by Gasteiger charge is -2.14. The Hall–Kier alpha value is -2.85. The molecule has 0 saturated carbocycles. The van der Waals surface area contributed by atoms with Gasteiger partial charge in [0.1, 0.15) is 6.61 Å². The van der Waals surface area contributed by atoms with Gasteiger partial charge in [-0.25, -0.2) is 5.43 Å². The summed E-state index contributed by atoms with van der Waals surface area (Å²) in [7, 11) is 0. The first-order valence-electron chi connectivity index (χ1n) is 10.0. The first kappa shape index (κ1) is 25.8. The molecule has 3 aromatic rings. The minimum atomic E-state index is -4.54. The second kappa shape index (κ2) is 11.5. The number of carbonyl (C=O) groups is 1. The Morgan fingerprint density at radius 2 is 1.79 bits per heavy atom. The average Bonchev–Trinajstić information content (AvgIpc) is 2.79. The number of nitrogens with one attached hydrogen (secondary N) is 1. The van der Waals surface area contributed by atoms with Crippen molar-refractivity contribution in [3.8, 4) is 11.5 Å². The molecule has 0 aliphatic rings. The van der Waals surface area contributed by atoms with Crippen LogP contribution in [-0.2, 0) is 12.8 Å². The summed E-state index contributed by atoms with van der Waals surface area (Å²) in [5.41, 5.74) is 2.72. The summed E-state index contributed by atoms with van der Waals surface area (Å²) in [5.74, 6) is 0.218. The van der Waals surface area contributed by atoms with Gasteiger partial charge < -0.3 is 9.47 Å². The lowest BCUT2D eigenvalue weighted by atomic mass is 10.1. The van der Waals surface area contributed by atoms with E-state index in [1.54, 1.807) is 12.1 Å². The van der Waals surface area contributed by atoms with Crippen molar-refractivity contribution in [1.82, 2.24) is 5.43 Å². The van der Waals surface area contributed by atoms with Crippen LogP contribution in [0.4, 0.5) is 13.2 Å². The zero-order valence-corrected chi connectivity index (χ0v) is 21.0. The zero-order valence-electron chi connectivity index (χ0n) is 17.8. The molecule has 0 atom stereocenters. The fourth-order valence-corrected chi connectivity index (χ4v) is 3.71. The molecule has 0 unspecified atom stereocenters. The normalized spacial score (nSPS) is 11.5. The molecule has 0 aliphatic carbocycles. The van der Waals surface area contributed by atoms with Gasteiger partial charge in [-0.2, -0.15) is 18.3 Å². The van der Waals surface area contributed by atoms with Crippen LogP contribution in [0.25, 0.3) is 0 Å². The first-order chi connectivity index (χ1) is 16.2. The van der Waals surface area contributed by atoms with Gasteiger partial charge in [0, 0.05) is 10.0 Å². The Morgan fingerprint density at radius 3 is 2.47 bits per heavy atom. The predicted molar refractivity (Wildman–Crippen MR) is 130 cm³/mol. The highest BCUT2D eigenvalue weighted by molar-refractivity contribution is 9.10. The smallest absolute Gasteiger partial charge is 0.416 e. The molecule has 0 saturated heterocycles. The summed E-state index contributed by atoms with van der Waals surface area (Å²) in [5, 5.41) is 3.86. The van der Waals surface area contributed by atoms with Gasteiger partial charge in [0.2, 0.25) is 0 Å². The van der Waals surface area contributed by atoms with E-state index < -0.39 is 17.6 Å². The monoisotopic (exact) mass is 598 g/mol. The quantitative estimate of drug-likeness (QED) is 0.225. The summed E-state index contributed by atoms with van der Waals surface area (Å²) in [4.78, 5) is 12.2. The van der Waals surface area contributed by atoms with Crippen LogP contribution in [0.1, 0.15) is 34.0 Å². The first-order valence-corrected chi connectivity index (χ1v) is 11.6. The third-order valence-electron chi connectivity index (χ3n) is 4.46. The van der Waals surface area contributed by atoms with Crippen molar-refractivity contribution >= 4 is 44.0 Å². The summed E-state index contributed by atoms with van der Waals surface area (Å²) in [6, 6.07) is 15.2. The Labute approximate surface area is 211 Å². The van der Waals surface area contributed by atoms with E-state index in [0.717, 1.165) is 22.2 Å². The zero-order chi connectivity index (χ0) is 24.7. The van der Waals surface area contributed by atoms with Crippen molar-refractivity contribution in [1.29, 1.82) is 0 Å². The number of hydrogen-bond acceptors (Lipinski definition) is 4. The van der Waals surface area contributed by atoms with E-state index in [-0.39, 0.29) is 5.56 Å². The fraction of sp³-hybridized carbons (Fsp3) is 0.167. The lowest BCUT2D eigenvalue weighted by Crippen LogP contribution is -2.18. The molecule has 5 nitrogen and oxygen atoms in total. The van der Waals surface area contributed by atoms with Crippen molar-refractivity contribution in [2.24, 2.45) is 5.10 Å². The SMILES string of the molecule is CCOc1cc(/C=N\NC(=O)c2cccc(C(F)(F)F)c2)cc(Br)c1OCc1ccc(Br)cc1. The summed E-state index contributed by atoms with van der Waals surface area (Å²) < 4.78 is 51.8. The van der Waals surface area contributed by atoms with E-state index in [9.17, 15) is 18.0 Å². The molecule has 1 amide bonds. The standard InChI is InChI=1S/C24H19Br2F3N2O3/c1-2-33-21-11-16(10-20(26)22(21)34-14-15-6-8-19(25)9-7-15)13-30-31-23(32)17-4-3-5-18(12-17)24(27,28)29/h3-13H,2,14H2,1H3,(H,31,32)/b30-13-. The van der Waals surface area contributed by atoms with Crippen LogP contribution >= 0.6 is 31.9 Å². The third kappa shape index (κ3) is 7.07. The van der Waals surface area contributed by atoms with Gasteiger partial charge in [-0.15, -0.1) is 0 Å². The van der Waals surface area contributed by atoms with Crippen LogP contribution in [0.5, 0.6) is 11.5 Å². The molecule has 0 radical (unpaired) electrons. The van der Waals surface area contributed by atoms with Crippen LogP contribution in [0.3, 0.4) is 0 Å². The van der Waals surface area contributed by atoms with E-state index in [1.807, 2.05) is 31.2 Å². The van der Waals surface area contributed by atoms with Gasteiger partial charge in [0.15, 0.2) is 11.5 Å². The Kier molecular flexibility index (Phi) is 8.73. The van der Waals surface area contributed by atoms with E-state index in [4.69, 9.17) is 9.47 Å². The topological polar surface area (TPSA) is 59.9 Å². The van der Waals surface area contributed by atoms with Crippen LogP contribution in [-0.4, -0.2) is 18.7 Å². The average molecular weight is 600 g/mol. The van der Waals surface area contributed by atoms with Gasteiger partial charge >= 0.3 is 6.18 Å². The van der Waals surface area contributed by atoms with Crippen molar-refractivity contribution in [3.63, 3.8) is 0 Å². The van der Waals surface area contributed by atoms with Gasteiger partial charge in [-0.05, 0) is 76.4 Å². The third-order valence-corrected chi connectivity index (χ3v) is 5.58. The maximum Gasteiger partial charge on any atom is 0.416 e. The van der Waals surface area contributed by atoms with E-state index in [0.29, 0.717) is 34.7 Å².